The monoisotopic (exact) mass is 273 g/mol. The van der Waals surface area contributed by atoms with Gasteiger partial charge in [-0.15, -0.1) is 0 Å². The molecule has 0 aliphatic rings. The smallest absolute Gasteiger partial charge is 0.246 e. The van der Waals surface area contributed by atoms with E-state index in [1.54, 1.807) is 0 Å². The minimum absolute atomic E-state index is 0.177. The third kappa shape index (κ3) is 1.94. The van der Waals surface area contributed by atoms with Crippen molar-refractivity contribution in [3.05, 3.63) is 22.7 Å². The standard InChI is InChI=1S/C5H2BrClFNO2S/c6-5-4(8)3(1-2-9-5)12(7,10)11/h1-2H. The average molecular weight is 274 g/mol. The Morgan fingerprint density at radius 1 is 1.58 bits per heavy atom. The van der Waals surface area contributed by atoms with Crippen LogP contribution < -0.4 is 0 Å². The Labute approximate surface area is 81.1 Å². The van der Waals surface area contributed by atoms with Crippen LogP contribution in [0.15, 0.2) is 21.8 Å². The van der Waals surface area contributed by atoms with Crippen LogP contribution in [0.1, 0.15) is 0 Å². The first-order chi connectivity index (χ1) is 5.43. The van der Waals surface area contributed by atoms with Gasteiger partial charge in [0.25, 0.3) is 9.05 Å². The van der Waals surface area contributed by atoms with E-state index in [4.69, 9.17) is 10.7 Å². The van der Waals surface area contributed by atoms with Gasteiger partial charge < -0.3 is 0 Å². The van der Waals surface area contributed by atoms with E-state index in [1.165, 1.54) is 0 Å². The molecular formula is C5H2BrClFNO2S. The third-order valence-electron chi connectivity index (χ3n) is 1.07. The summed E-state index contributed by atoms with van der Waals surface area (Å²) in [6, 6.07) is 0.989. The largest absolute Gasteiger partial charge is 0.264 e. The van der Waals surface area contributed by atoms with Crippen molar-refractivity contribution in [2.45, 2.75) is 4.90 Å². The molecular weight excluding hydrogens is 272 g/mol. The molecule has 66 valence electrons. The Morgan fingerprint density at radius 2 is 2.17 bits per heavy atom. The molecule has 7 heteroatoms. The molecule has 1 heterocycles. The van der Waals surface area contributed by atoms with Gasteiger partial charge >= 0.3 is 0 Å². The molecule has 0 N–H and O–H groups in total. The van der Waals surface area contributed by atoms with Crippen LogP contribution in [0.3, 0.4) is 0 Å². The van der Waals surface area contributed by atoms with Crippen molar-refractivity contribution in [2.24, 2.45) is 0 Å². The van der Waals surface area contributed by atoms with E-state index in [1.807, 2.05) is 0 Å². The first kappa shape index (κ1) is 9.88. The highest BCUT2D eigenvalue weighted by molar-refractivity contribution is 9.10. The van der Waals surface area contributed by atoms with Gasteiger partial charge in [-0.25, -0.2) is 17.8 Å². The predicted octanol–water partition coefficient (Wildman–Crippen LogP) is 1.91. The lowest BCUT2D eigenvalue weighted by Crippen LogP contribution is -1.97. The first-order valence-corrected chi connectivity index (χ1v) is 5.78. The zero-order valence-electron chi connectivity index (χ0n) is 5.46. The molecule has 0 radical (unpaired) electrons. The van der Waals surface area contributed by atoms with Crippen molar-refractivity contribution >= 4 is 35.7 Å². The summed E-state index contributed by atoms with van der Waals surface area (Å²) in [7, 11) is 0.891. The normalized spacial score (nSPS) is 11.6. The van der Waals surface area contributed by atoms with E-state index in [0.717, 1.165) is 12.3 Å². The molecule has 3 nitrogen and oxygen atoms in total. The van der Waals surface area contributed by atoms with Crippen LogP contribution in [0.25, 0.3) is 0 Å². The Kier molecular flexibility index (Phi) is 2.70. The summed E-state index contributed by atoms with van der Waals surface area (Å²) in [4.78, 5) is 2.89. The van der Waals surface area contributed by atoms with E-state index in [2.05, 4.69) is 20.9 Å². The molecule has 0 aromatic carbocycles. The topological polar surface area (TPSA) is 47.0 Å². The molecule has 0 atom stereocenters. The Hall–Kier alpha value is -0.200. The molecule has 0 saturated carbocycles. The highest BCUT2D eigenvalue weighted by Crippen LogP contribution is 2.22. The number of rotatable bonds is 1. The maximum atomic E-state index is 12.9. The Bertz CT molecular complexity index is 408. The number of nitrogens with zero attached hydrogens (tertiary/aromatic N) is 1. The zero-order chi connectivity index (χ0) is 9.35. The fourth-order valence-electron chi connectivity index (χ4n) is 0.590. The van der Waals surface area contributed by atoms with Gasteiger partial charge in [-0.3, -0.25) is 0 Å². The maximum absolute atomic E-state index is 12.9. The van der Waals surface area contributed by atoms with Crippen molar-refractivity contribution < 1.29 is 12.8 Å². The van der Waals surface area contributed by atoms with Crippen LogP contribution in [0, 0.1) is 5.82 Å². The van der Waals surface area contributed by atoms with Crippen molar-refractivity contribution in [1.82, 2.24) is 4.98 Å². The lowest BCUT2D eigenvalue weighted by atomic mass is 10.5. The first-order valence-electron chi connectivity index (χ1n) is 2.67. The summed E-state index contributed by atoms with van der Waals surface area (Å²) in [5, 5.41) is 0. The van der Waals surface area contributed by atoms with Crippen molar-refractivity contribution in [1.29, 1.82) is 0 Å². The Morgan fingerprint density at radius 3 is 2.58 bits per heavy atom. The van der Waals surface area contributed by atoms with E-state index >= 15 is 0 Å². The molecule has 0 spiro atoms. The van der Waals surface area contributed by atoms with Gasteiger partial charge in [0, 0.05) is 16.9 Å². The molecule has 0 unspecified atom stereocenters. The summed E-state index contributed by atoms with van der Waals surface area (Å²) < 4.78 is 34.1. The average Bonchev–Trinajstić information content (AvgIpc) is 1.92. The number of pyridine rings is 1. The fraction of sp³-hybridized carbons (Fsp3) is 0. The van der Waals surface area contributed by atoms with Crippen LogP contribution in [0.5, 0.6) is 0 Å². The fourth-order valence-corrected chi connectivity index (χ4v) is 1.94. The van der Waals surface area contributed by atoms with E-state index < -0.39 is 19.8 Å². The van der Waals surface area contributed by atoms with Crippen LogP contribution >= 0.6 is 26.6 Å². The van der Waals surface area contributed by atoms with Crippen molar-refractivity contribution in [3.63, 3.8) is 0 Å². The molecule has 0 saturated heterocycles. The number of hydrogen-bond acceptors (Lipinski definition) is 3. The molecule has 0 bridgehead atoms. The summed E-state index contributed by atoms with van der Waals surface area (Å²) in [5.74, 6) is -0.979. The minimum Gasteiger partial charge on any atom is -0.246 e. The van der Waals surface area contributed by atoms with Crippen molar-refractivity contribution in [2.75, 3.05) is 0 Å². The van der Waals surface area contributed by atoms with Crippen LogP contribution in [0.2, 0.25) is 0 Å². The number of aromatic nitrogens is 1. The molecule has 1 aromatic rings. The van der Waals surface area contributed by atoms with Gasteiger partial charge in [0.05, 0.1) is 0 Å². The second kappa shape index (κ2) is 3.27. The molecule has 0 fully saturated rings. The van der Waals surface area contributed by atoms with Gasteiger partial charge in [0.2, 0.25) is 0 Å². The van der Waals surface area contributed by atoms with Gasteiger partial charge in [-0.05, 0) is 22.0 Å². The quantitative estimate of drug-likeness (QED) is 0.580. The minimum atomic E-state index is -4.03. The summed E-state index contributed by atoms with van der Waals surface area (Å²) in [5.41, 5.74) is 0. The van der Waals surface area contributed by atoms with E-state index in [-0.39, 0.29) is 4.60 Å². The predicted molar refractivity (Wildman–Crippen MR) is 44.9 cm³/mol. The molecule has 1 aromatic heterocycles. The molecule has 12 heavy (non-hydrogen) atoms. The lowest BCUT2D eigenvalue weighted by Gasteiger charge is -1.98. The molecule has 1 rings (SSSR count). The van der Waals surface area contributed by atoms with Gasteiger partial charge in [-0.1, -0.05) is 0 Å². The third-order valence-corrected chi connectivity index (χ3v) is 2.97. The lowest BCUT2D eigenvalue weighted by molar-refractivity contribution is 0.565. The SMILES string of the molecule is O=S(=O)(Cl)c1ccnc(Br)c1F. The summed E-state index contributed by atoms with van der Waals surface area (Å²) in [6.45, 7) is 0. The maximum Gasteiger partial charge on any atom is 0.264 e. The zero-order valence-corrected chi connectivity index (χ0v) is 8.62. The number of hydrogen-bond donors (Lipinski definition) is 0. The second-order valence-electron chi connectivity index (χ2n) is 1.85. The highest BCUT2D eigenvalue weighted by atomic mass is 79.9. The van der Waals surface area contributed by atoms with Crippen LogP contribution in [-0.4, -0.2) is 13.4 Å². The Balaban J connectivity index is 3.47. The molecule has 0 aliphatic carbocycles. The van der Waals surface area contributed by atoms with Gasteiger partial charge in [0.1, 0.15) is 9.50 Å². The van der Waals surface area contributed by atoms with Gasteiger partial charge in [0.15, 0.2) is 5.82 Å². The van der Waals surface area contributed by atoms with Crippen molar-refractivity contribution in [3.8, 4) is 0 Å². The summed E-state index contributed by atoms with van der Waals surface area (Å²) >= 11 is 2.73. The van der Waals surface area contributed by atoms with Crippen LogP contribution in [0.4, 0.5) is 4.39 Å². The van der Waals surface area contributed by atoms with E-state index in [0.29, 0.717) is 0 Å². The highest BCUT2D eigenvalue weighted by Gasteiger charge is 2.18. The van der Waals surface area contributed by atoms with Crippen LogP contribution in [-0.2, 0) is 9.05 Å². The summed E-state index contributed by atoms with van der Waals surface area (Å²) in [6.07, 6.45) is 1.14. The van der Waals surface area contributed by atoms with Gasteiger partial charge in [-0.2, -0.15) is 0 Å². The molecule has 0 amide bonds. The molecule has 0 aliphatic heterocycles. The second-order valence-corrected chi connectivity index (χ2v) is 5.14. The van der Waals surface area contributed by atoms with E-state index in [9.17, 15) is 12.8 Å². The number of halogens is 3.